The van der Waals surface area contributed by atoms with Crippen LogP contribution in [0, 0.1) is 0 Å². The van der Waals surface area contributed by atoms with Crippen LogP contribution in [0.25, 0.3) is 0 Å². The average Bonchev–Trinajstić information content (AvgIpc) is 2.29. The van der Waals surface area contributed by atoms with E-state index in [2.05, 4.69) is 10.3 Å². The normalized spacial score (nSPS) is 12.7. The average molecular weight is 241 g/mol. The number of aliphatic hydroxyl groups excluding tert-OH is 1. The Bertz CT molecular complexity index is 393. The van der Waals surface area contributed by atoms with Crippen LogP contribution >= 0.6 is 11.6 Å². The monoisotopic (exact) mass is 240 g/mol. The fraction of sp³-hybridized carbons (Fsp3) is 0.273. The maximum atomic E-state index is 11.2. The Hall–Kier alpha value is -1.39. The number of carbonyl (C=O) groups excluding carboxylic acids is 1. The first-order chi connectivity index (χ1) is 7.67. The minimum absolute atomic E-state index is 0.319. The number of aliphatic imine (C=N–C) groups is 1. The Labute approximate surface area is 99.0 Å². The number of hydrogen-bond donors (Lipinski definition) is 2. The molecular formula is C11H13ClN2O2. The van der Waals surface area contributed by atoms with Crippen molar-refractivity contribution < 1.29 is 9.90 Å². The Kier molecular flexibility index (Phi) is 4.95. The van der Waals surface area contributed by atoms with Gasteiger partial charge in [-0.3, -0.25) is 9.79 Å². The third-order valence-corrected chi connectivity index (χ3v) is 2.21. The molecule has 4 nitrogen and oxygen atoms in total. The number of nitrogens with zero attached hydrogens (tertiary/aromatic N) is 1. The number of rotatable bonds is 4. The minimum atomic E-state index is -0.774. The Morgan fingerprint density at radius 2 is 2.44 bits per heavy atom. The SMILES string of the molecule is CNC(=O)[C@H](CO)/N=C/c1cccc(Cl)c1. The fourth-order valence-electron chi connectivity index (χ4n) is 1.13. The van der Waals surface area contributed by atoms with Crippen LogP contribution in [0.1, 0.15) is 5.56 Å². The highest BCUT2D eigenvalue weighted by molar-refractivity contribution is 6.30. The van der Waals surface area contributed by atoms with Gasteiger partial charge in [-0.2, -0.15) is 0 Å². The van der Waals surface area contributed by atoms with Crippen molar-refractivity contribution in [3.8, 4) is 0 Å². The quantitative estimate of drug-likeness (QED) is 0.767. The van der Waals surface area contributed by atoms with E-state index in [1.54, 1.807) is 18.2 Å². The van der Waals surface area contributed by atoms with Gasteiger partial charge in [0, 0.05) is 18.3 Å². The number of nitrogens with one attached hydrogen (secondary N) is 1. The second kappa shape index (κ2) is 6.25. The molecule has 0 fully saturated rings. The lowest BCUT2D eigenvalue weighted by Crippen LogP contribution is -2.33. The molecule has 86 valence electrons. The van der Waals surface area contributed by atoms with E-state index in [0.717, 1.165) is 5.56 Å². The van der Waals surface area contributed by atoms with Gasteiger partial charge < -0.3 is 10.4 Å². The van der Waals surface area contributed by atoms with Crippen LogP contribution in [0.4, 0.5) is 0 Å². The number of carbonyl (C=O) groups is 1. The molecule has 0 heterocycles. The summed E-state index contributed by atoms with van der Waals surface area (Å²) in [5.41, 5.74) is 0.787. The molecular weight excluding hydrogens is 228 g/mol. The number of hydrogen-bond acceptors (Lipinski definition) is 3. The summed E-state index contributed by atoms with van der Waals surface area (Å²) in [5.74, 6) is -0.319. The van der Waals surface area contributed by atoms with E-state index in [9.17, 15) is 4.79 Å². The highest BCUT2D eigenvalue weighted by atomic mass is 35.5. The molecule has 0 spiro atoms. The van der Waals surface area contributed by atoms with Crippen molar-refractivity contribution in [2.75, 3.05) is 13.7 Å². The highest BCUT2D eigenvalue weighted by Gasteiger charge is 2.12. The Balaban J connectivity index is 2.75. The minimum Gasteiger partial charge on any atom is -0.394 e. The maximum absolute atomic E-state index is 11.2. The van der Waals surface area contributed by atoms with Gasteiger partial charge in [0.05, 0.1) is 6.61 Å². The molecule has 0 unspecified atom stereocenters. The van der Waals surface area contributed by atoms with E-state index in [1.165, 1.54) is 13.3 Å². The van der Waals surface area contributed by atoms with Crippen LogP contribution in [0.3, 0.4) is 0 Å². The smallest absolute Gasteiger partial charge is 0.246 e. The summed E-state index contributed by atoms with van der Waals surface area (Å²) < 4.78 is 0. The molecule has 16 heavy (non-hydrogen) atoms. The van der Waals surface area contributed by atoms with Crippen LogP contribution in [0.5, 0.6) is 0 Å². The summed E-state index contributed by atoms with van der Waals surface area (Å²) >= 11 is 5.79. The first kappa shape index (κ1) is 12.7. The molecule has 1 atom stereocenters. The first-order valence-corrected chi connectivity index (χ1v) is 5.16. The van der Waals surface area contributed by atoms with E-state index in [-0.39, 0.29) is 12.5 Å². The lowest BCUT2D eigenvalue weighted by molar-refractivity contribution is -0.122. The molecule has 0 aliphatic rings. The predicted octanol–water partition coefficient (Wildman–Crippen LogP) is 0.866. The summed E-state index contributed by atoms with van der Waals surface area (Å²) in [5, 5.41) is 12.0. The van der Waals surface area contributed by atoms with Crippen molar-refractivity contribution in [1.82, 2.24) is 5.32 Å². The van der Waals surface area contributed by atoms with Crippen molar-refractivity contribution in [2.24, 2.45) is 4.99 Å². The molecule has 0 saturated carbocycles. The summed E-state index contributed by atoms with van der Waals surface area (Å²) in [6.07, 6.45) is 1.52. The molecule has 0 aliphatic heterocycles. The van der Waals surface area contributed by atoms with Crippen LogP contribution in [0.2, 0.25) is 5.02 Å². The first-order valence-electron chi connectivity index (χ1n) is 4.78. The van der Waals surface area contributed by atoms with Gasteiger partial charge in [-0.25, -0.2) is 0 Å². The van der Waals surface area contributed by atoms with E-state index in [4.69, 9.17) is 16.7 Å². The van der Waals surface area contributed by atoms with E-state index >= 15 is 0 Å². The number of likely N-dealkylation sites (N-methyl/N-ethyl adjacent to an activating group) is 1. The summed E-state index contributed by atoms with van der Waals surface area (Å²) in [6, 6.07) is 6.30. The van der Waals surface area contributed by atoms with Gasteiger partial charge in [0.15, 0.2) is 6.04 Å². The van der Waals surface area contributed by atoms with Crippen molar-refractivity contribution in [2.45, 2.75) is 6.04 Å². The molecule has 1 amide bonds. The lowest BCUT2D eigenvalue weighted by Gasteiger charge is -2.06. The van der Waals surface area contributed by atoms with Crippen molar-refractivity contribution >= 4 is 23.7 Å². The van der Waals surface area contributed by atoms with Crippen LogP contribution in [0.15, 0.2) is 29.3 Å². The van der Waals surface area contributed by atoms with Gasteiger partial charge in [-0.05, 0) is 17.7 Å². The molecule has 1 aromatic rings. The summed E-state index contributed by atoms with van der Waals surface area (Å²) in [7, 11) is 1.50. The number of benzene rings is 1. The van der Waals surface area contributed by atoms with Crippen LogP contribution in [-0.2, 0) is 4.79 Å². The maximum Gasteiger partial charge on any atom is 0.246 e. The molecule has 0 bridgehead atoms. The van der Waals surface area contributed by atoms with E-state index in [1.807, 2.05) is 6.07 Å². The zero-order valence-electron chi connectivity index (χ0n) is 8.85. The molecule has 0 aliphatic carbocycles. The molecule has 1 aromatic carbocycles. The fourth-order valence-corrected chi connectivity index (χ4v) is 1.33. The molecule has 1 rings (SSSR count). The number of halogens is 1. The van der Waals surface area contributed by atoms with Gasteiger partial charge in [0.1, 0.15) is 0 Å². The summed E-state index contributed by atoms with van der Waals surface area (Å²) in [4.78, 5) is 15.2. The zero-order chi connectivity index (χ0) is 12.0. The van der Waals surface area contributed by atoms with Crippen molar-refractivity contribution in [1.29, 1.82) is 0 Å². The standard InChI is InChI=1S/C11H13ClN2O2/c1-13-11(16)10(7-15)14-6-8-3-2-4-9(12)5-8/h2-6,10,15H,7H2,1H3,(H,13,16)/b14-6+/t10-/m0/s1. The third kappa shape index (κ3) is 3.64. The molecule has 0 saturated heterocycles. The van der Waals surface area contributed by atoms with Gasteiger partial charge in [-0.15, -0.1) is 0 Å². The van der Waals surface area contributed by atoms with Gasteiger partial charge in [0.2, 0.25) is 5.91 Å². The van der Waals surface area contributed by atoms with E-state index in [0.29, 0.717) is 5.02 Å². The Morgan fingerprint density at radius 1 is 1.69 bits per heavy atom. The predicted molar refractivity (Wildman–Crippen MR) is 64.0 cm³/mol. The van der Waals surface area contributed by atoms with Crippen LogP contribution < -0.4 is 5.32 Å². The van der Waals surface area contributed by atoms with Crippen LogP contribution in [-0.4, -0.2) is 36.9 Å². The molecule has 0 aromatic heterocycles. The van der Waals surface area contributed by atoms with Crippen molar-refractivity contribution in [3.63, 3.8) is 0 Å². The summed E-state index contributed by atoms with van der Waals surface area (Å²) in [6.45, 7) is -0.323. The van der Waals surface area contributed by atoms with Gasteiger partial charge in [-0.1, -0.05) is 23.7 Å². The zero-order valence-corrected chi connectivity index (χ0v) is 9.61. The van der Waals surface area contributed by atoms with Crippen molar-refractivity contribution in [3.05, 3.63) is 34.9 Å². The second-order valence-corrected chi connectivity index (χ2v) is 3.58. The van der Waals surface area contributed by atoms with Gasteiger partial charge in [0.25, 0.3) is 0 Å². The topological polar surface area (TPSA) is 61.7 Å². The van der Waals surface area contributed by atoms with Gasteiger partial charge >= 0.3 is 0 Å². The second-order valence-electron chi connectivity index (χ2n) is 3.15. The Morgan fingerprint density at radius 3 is 3.00 bits per heavy atom. The molecule has 2 N–H and O–H groups in total. The number of aliphatic hydroxyl groups is 1. The molecule has 0 radical (unpaired) electrons. The largest absolute Gasteiger partial charge is 0.394 e. The highest BCUT2D eigenvalue weighted by Crippen LogP contribution is 2.09. The van der Waals surface area contributed by atoms with E-state index < -0.39 is 6.04 Å². The third-order valence-electron chi connectivity index (χ3n) is 1.97. The lowest BCUT2D eigenvalue weighted by atomic mass is 10.2. The number of amides is 1. The molecule has 5 heteroatoms.